The molecular formula is C56H39N3. The summed E-state index contributed by atoms with van der Waals surface area (Å²) in [5.74, 6) is 1.97. The smallest absolute Gasteiger partial charge is 0.164 e. The van der Waals surface area contributed by atoms with E-state index in [1.807, 2.05) is 0 Å². The summed E-state index contributed by atoms with van der Waals surface area (Å²) in [5, 5.41) is 0. The summed E-state index contributed by atoms with van der Waals surface area (Å²) >= 11 is 0. The van der Waals surface area contributed by atoms with Gasteiger partial charge in [0, 0.05) is 22.1 Å². The Labute approximate surface area is 344 Å². The van der Waals surface area contributed by atoms with E-state index < -0.39 is 0 Å². The zero-order valence-corrected chi connectivity index (χ0v) is 33.0. The third-order valence-corrected chi connectivity index (χ3v) is 13.0. The van der Waals surface area contributed by atoms with Gasteiger partial charge in [0.1, 0.15) is 0 Å². The molecule has 8 aromatic carbocycles. The molecule has 0 fully saturated rings. The second kappa shape index (κ2) is 12.9. The first kappa shape index (κ1) is 33.9. The predicted molar refractivity (Wildman–Crippen MR) is 241 cm³/mol. The van der Waals surface area contributed by atoms with Gasteiger partial charge in [-0.05, 0) is 120 Å². The number of benzene rings is 8. The van der Waals surface area contributed by atoms with Crippen LogP contribution in [0.15, 0.2) is 176 Å². The fourth-order valence-corrected chi connectivity index (χ4v) is 10.1. The highest BCUT2D eigenvalue weighted by Gasteiger charge is 2.35. The maximum absolute atomic E-state index is 5.30. The van der Waals surface area contributed by atoms with E-state index in [9.17, 15) is 0 Å². The first-order valence-electron chi connectivity index (χ1n) is 20.6. The van der Waals surface area contributed by atoms with Crippen molar-refractivity contribution in [3.8, 4) is 89.8 Å². The lowest BCUT2D eigenvalue weighted by Gasteiger charge is -2.21. The highest BCUT2D eigenvalue weighted by molar-refractivity contribution is 5.93. The van der Waals surface area contributed by atoms with Gasteiger partial charge in [-0.25, -0.2) is 15.0 Å². The quantitative estimate of drug-likeness (QED) is 0.176. The zero-order chi connectivity index (χ0) is 39.2. The van der Waals surface area contributed by atoms with Crippen LogP contribution in [-0.4, -0.2) is 15.0 Å². The maximum atomic E-state index is 5.30. The lowest BCUT2D eigenvalue weighted by Crippen LogP contribution is -2.14. The Morgan fingerprint density at radius 3 is 1.29 bits per heavy atom. The molecule has 0 atom stereocenters. The minimum Gasteiger partial charge on any atom is -0.208 e. The van der Waals surface area contributed by atoms with Crippen LogP contribution < -0.4 is 0 Å². The fourth-order valence-electron chi connectivity index (χ4n) is 10.1. The van der Waals surface area contributed by atoms with Gasteiger partial charge in [0.05, 0.1) is 0 Å². The Balaban J connectivity index is 1.02. The number of hydrogen-bond donors (Lipinski definition) is 0. The lowest BCUT2D eigenvalue weighted by atomic mass is 9.82. The molecule has 9 aromatic rings. The van der Waals surface area contributed by atoms with Gasteiger partial charge in [0.2, 0.25) is 0 Å². The van der Waals surface area contributed by atoms with Crippen molar-refractivity contribution >= 4 is 0 Å². The second-order valence-corrected chi connectivity index (χ2v) is 16.7. The van der Waals surface area contributed by atoms with Crippen LogP contribution in [-0.2, 0) is 18.3 Å². The molecule has 0 saturated heterocycles. The molecule has 1 heterocycles. The van der Waals surface area contributed by atoms with E-state index in [2.05, 4.69) is 190 Å². The zero-order valence-electron chi connectivity index (χ0n) is 33.0. The second-order valence-electron chi connectivity index (χ2n) is 16.7. The largest absolute Gasteiger partial charge is 0.208 e. The van der Waals surface area contributed by atoms with Gasteiger partial charge >= 0.3 is 0 Å². The highest BCUT2D eigenvalue weighted by atomic mass is 15.0. The van der Waals surface area contributed by atoms with Gasteiger partial charge < -0.3 is 0 Å². The van der Waals surface area contributed by atoms with Crippen molar-refractivity contribution in [2.75, 3.05) is 0 Å². The molecule has 59 heavy (non-hydrogen) atoms. The minimum atomic E-state index is -0.0863. The third-order valence-electron chi connectivity index (χ3n) is 13.0. The molecule has 278 valence electrons. The number of nitrogens with zero attached hydrogens (tertiary/aromatic N) is 3. The summed E-state index contributed by atoms with van der Waals surface area (Å²) in [5.41, 5.74) is 23.5. The van der Waals surface area contributed by atoms with Gasteiger partial charge in [-0.3, -0.25) is 0 Å². The molecule has 12 rings (SSSR count). The predicted octanol–water partition coefficient (Wildman–Crippen LogP) is 13.7. The van der Waals surface area contributed by atoms with Gasteiger partial charge in [-0.15, -0.1) is 0 Å². The van der Waals surface area contributed by atoms with Crippen LogP contribution in [0.25, 0.3) is 89.8 Å². The molecular weight excluding hydrogens is 715 g/mol. The molecule has 0 spiro atoms. The Hall–Kier alpha value is -7.23. The first-order chi connectivity index (χ1) is 29.0. The highest BCUT2D eigenvalue weighted by Crippen LogP contribution is 2.50. The Bertz CT molecular complexity index is 3050. The summed E-state index contributed by atoms with van der Waals surface area (Å²) < 4.78 is 0. The number of aromatic nitrogens is 3. The summed E-state index contributed by atoms with van der Waals surface area (Å²) in [6.45, 7) is 4.63. The van der Waals surface area contributed by atoms with Crippen LogP contribution in [0.4, 0.5) is 0 Å². The van der Waals surface area contributed by atoms with E-state index in [0.717, 1.165) is 40.7 Å². The van der Waals surface area contributed by atoms with Crippen molar-refractivity contribution in [1.82, 2.24) is 15.0 Å². The molecule has 0 N–H and O–H groups in total. The summed E-state index contributed by atoms with van der Waals surface area (Å²) in [7, 11) is 0. The Morgan fingerprint density at radius 1 is 0.322 bits per heavy atom. The molecule has 0 saturated carbocycles. The Morgan fingerprint density at radius 2 is 0.729 bits per heavy atom. The van der Waals surface area contributed by atoms with Gasteiger partial charge in [0.25, 0.3) is 0 Å². The van der Waals surface area contributed by atoms with E-state index in [-0.39, 0.29) is 5.41 Å². The molecule has 1 aromatic heterocycles. The third kappa shape index (κ3) is 5.31. The van der Waals surface area contributed by atoms with Crippen molar-refractivity contribution < 1.29 is 0 Å². The van der Waals surface area contributed by atoms with Crippen LogP contribution in [0.3, 0.4) is 0 Å². The molecule has 3 aliphatic rings. The monoisotopic (exact) mass is 753 g/mol. The Kier molecular flexibility index (Phi) is 7.40. The molecule has 0 aliphatic heterocycles. The van der Waals surface area contributed by atoms with Gasteiger partial charge in [0.15, 0.2) is 17.5 Å². The summed E-state index contributed by atoms with van der Waals surface area (Å²) in [6, 6.07) is 64.0. The van der Waals surface area contributed by atoms with Crippen LogP contribution >= 0.6 is 0 Å². The van der Waals surface area contributed by atoms with E-state index in [4.69, 9.17) is 15.0 Å². The lowest BCUT2D eigenvalue weighted by molar-refractivity contribution is 0.660. The molecule has 0 amide bonds. The number of rotatable bonds is 5. The molecule has 3 nitrogen and oxygen atoms in total. The molecule has 0 unspecified atom stereocenters. The van der Waals surface area contributed by atoms with Crippen LogP contribution in [0.5, 0.6) is 0 Å². The molecule has 0 bridgehead atoms. The maximum Gasteiger partial charge on any atom is 0.164 e. The average Bonchev–Trinajstić information content (AvgIpc) is 3.94. The number of fused-ring (bicyclic) bond motifs is 9. The van der Waals surface area contributed by atoms with Crippen LogP contribution in [0, 0.1) is 0 Å². The summed E-state index contributed by atoms with van der Waals surface area (Å²) in [6.07, 6.45) is 1.91. The van der Waals surface area contributed by atoms with E-state index in [1.165, 1.54) is 77.9 Å². The van der Waals surface area contributed by atoms with Crippen molar-refractivity contribution in [1.29, 1.82) is 0 Å². The van der Waals surface area contributed by atoms with Crippen molar-refractivity contribution in [3.05, 3.63) is 209 Å². The van der Waals surface area contributed by atoms with Crippen LogP contribution in [0.1, 0.15) is 47.2 Å². The van der Waals surface area contributed by atoms with Crippen molar-refractivity contribution in [3.63, 3.8) is 0 Å². The average molecular weight is 754 g/mol. The number of hydrogen-bond acceptors (Lipinski definition) is 3. The SMILES string of the molecule is CC1(C)c2ccccc2-c2cc(-c3nc(-c4cccc(-c5cccc6c5-c5ccccc5C6)c4)nc(-c4cccc(-c5cccc6c5-c5ccccc5C6)c4)n3)ccc21. The van der Waals surface area contributed by atoms with Gasteiger partial charge in [-0.2, -0.15) is 0 Å². The normalized spacial score (nSPS) is 13.6. The van der Waals surface area contributed by atoms with Crippen molar-refractivity contribution in [2.45, 2.75) is 32.1 Å². The molecule has 0 radical (unpaired) electrons. The van der Waals surface area contributed by atoms with Gasteiger partial charge in [-0.1, -0.05) is 172 Å². The topological polar surface area (TPSA) is 38.7 Å². The molecule has 3 aliphatic carbocycles. The van der Waals surface area contributed by atoms with E-state index >= 15 is 0 Å². The van der Waals surface area contributed by atoms with Crippen molar-refractivity contribution in [2.24, 2.45) is 0 Å². The van der Waals surface area contributed by atoms with E-state index in [0.29, 0.717) is 17.5 Å². The minimum absolute atomic E-state index is 0.0863. The summed E-state index contributed by atoms with van der Waals surface area (Å²) in [4.78, 5) is 15.9. The standard InChI is InChI=1S/C56H39N3/c1-56(2)49-26-8-7-23-47(49)48-33-42(27-28-50(48)56)55-58-53(40-19-9-15-36(31-40)45-24-11-17-38-29-34-13-3-5-21-43(34)51(38)45)57-54(59-55)41-20-10-16-37(32-41)46-25-12-18-39-30-35-14-4-6-22-44(35)52(39)46/h3-28,31-33H,29-30H2,1-2H3. The van der Waals surface area contributed by atoms with Crippen LogP contribution in [0.2, 0.25) is 0 Å². The fraction of sp³-hybridized carbons (Fsp3) is 0.0893. The van der Waals surface area contributed by atoms with E-state index in [1.54, 1.807) is 0 Å². The molecule has 3 heteroatoms. The first-order valence-corrected chi connectivity index (χ1v) is 20.6.